The fraction of sp³-hybridized carbons (Fsp3) is 0.364. The van der Waals surface area contributed by atoms with Crippen molar-refractivity contribution in [2.24, 2.45) is 0 Å². The lowest BCUT2D eigenvalue weighted by molar-refractivity contribution is -0.115. The number of anilines is 2. The summed E-state index contributed by atoms with van der Waals surface area (Å²) in [5, 5.41) is 3.74. The van der Waals surface area contributed by atoms with Crippen LogP contribution in [-0.4, -0.2) is 18.5 Å². The zero-order valence-corrected chi connectivity index (χ0v) is 10.6. The van der Waals surface area contributed by atoms with E-state index in [1.54, 1.807) is 12.1 Å². The number of nitrogens with one attached hydrogen (secondary N) is 1. The van der Waals surface area contributed by atoms with Crippen molar-refractivity contribution in [2.45, 2.75) is 19.9 Å². The normalized spacial score (nSPS) is 15.1. The van der Waals surface area contributed by atoms with Gasteiger partial charge in [0.2, 0.25) is 5.91 Å². The highest BCUT2D eigenvalue weighted by Gasteiger charge is 2.24. The van der Waals surface area contributed by atoms with E-state index in [1.165, 1.54) is 0 Å². The zero-order chi connectivity index (χ0) is 11.9. The SMILES string of the molecule is CC(C)N1CC(=O)Nc2cc(Cl)c(Cl)cc21. The monoisotopic (exact) mass is 258 g/mol. The van der Waals surface area contributed by atoms with E-state index in [2.05, 4.69) is 5.32 Å². The van der Waals surface area contributed by atoms with Gasteiger partial charge in [0.1, 0.15) is 0 Å². The topological polar surface area (TPSA) is 32.3 Å². The van der Waals surface area contributed by atoms with Gasteiger partial charge in [-0.3, -0.25) is 4.79 Å². The number of hydrogen-bond donors (Lipinski definition) is 1. The first-order valence-corrected chi connectivity index (χ1v) is 5.80. The van der Waals surface area contributed by atoms with Crippen LogP contribution in [0.5, 0.6) is 0 Å². The van der Waals surface area contributed by atoms with E-state index >= 15 is 0 Å². The molecule has 0 radical (unpaired) electrons. The van der Waals surface area contributed by atoms with Crippen molar-refractivity contribution in [1.29, 1.82) is 0 Å². The smallest absolute Gasteiger partial charge is 0.243 e. The van der Waals surface area contributed by atoms with Gasteiger partial charge in [-0.25, -0.2) is 0 Å². The summed E-state index contributed by atoms with van der Waals surface area (Å²) in [5.74, 6) is -0.0282. The van der Waals surface area contributed by atoms with E-state index < -0.39 is 0 Å². The van der Waals surface area contributed by atoms with Crippen LogP contribution in [-0.2, 0) is 4.79 Å². The molecule has 0 saturated heterocycles. The Morgan fingerprint density at radius 2 is 1.94 bits per heavy atom. The highest BCUT2D eigenvalue weighted by atomic mass is 35.5. The largest absolute Gasteiger partial charge is 0.358 e. The molecule has 3 nitrogen and oxygen atoms in total. The minimum absolute atomic E-state index is 0.0282. The summed E-state index contributed by atoms with van der Waals surface area (Å²) in [6.07, 6.45) is 0. The number of hydrogen-bond acceptors (Lipinski definition) is 2. The first-order chi connectivity index (χ1) is 7.49. The summed E-state index contributed by atoms with van der Waals surface area (Å²) in [6, 6.07) is 3.71. The van der Waals surface area contributed by atoms with Gasteiger partial charge in [0.25, 0.3) is 0 Å². The van der Waals surface area contributed by atoms with Gasteiger partial charge >= 0.3 is 0 Å². The molecule has 1 aliphatic rings. The minimum atomic E-state index is -0.0282. The van der Waals surface area contributed by atoms with Crippen molar-refractivity contribution < 1.29 is 4.79 Å². The predicted molar refractivity (Wildman–Crippen MR) is 67.6 cm³/mol. The molecule has 0 fully saturated rings. The van der Waals surface area contributed by atoms with Crippen LogP contribution in [0.25, 0.3) is 0 Å². The molecule has 1 aromatic rings. The van der Waals surface area contributed by atoms with Gasteiger partial charge in [-0.1, -0.05) is 23.2 Å². The molecular formula is C11H12Cl2N2O. The van der Waals surface area contributed by atoms with Crippen LogP contribution in [0.15, 0.2) is 12.1 Å². The third-order valence-corrected chi connectivity index (χ3v) is 3.28. The number of carbonyl (C=O) groups is 1. The average Bonchev–Trinajstić information content (AvgIpc) is 2.19. The number of fused-ring (bicyclic) bond motifs is 1. The van der Waals surface area contributed by atoms with Gasteiger partial charge in [-0.2, -0.15) is 0 Å². The fourth-order valence-corrected chi connectivity index (χ4v) is 2.09. The Balaban J connectivity index is 2.52. The third kappa shape index (κ3) is 1.97. The second kappa shape index (κ2) is 4.15. The lowest BCUT2D eigenvalue weighted by atomic mass is 10.1. The quantitative estimate of drug-likeness (QED) is 0.840. The maximum absolute atomic E-state index is 11.5. The molecule has 0 spiro atoms. The summed E-state index contributed by atoms with van der Waals surface area (Å²) < 4.78 is 0. The highest BCUT2D eigenvalue weighted by Crippen LogP contribution is 2.37. The maximum atomic E-state index is 11.5. The van der Waals surface area contributed by atoms with Gasteiger partial charge < -0.3 is 10.2 Å². The fourth-order valence-electron chi connectivity index (χ4n) is 1.76. The van der Waals surface area contributed by atoms with Crippen molar-refractivity contribution in [3.63, 3.8) is 0 Å². The van der Waals surface area contributed by atoms with E-state index in [0.29, 0.717) is 16.6 Å². The molecule has 16 heavy (non-hydrogen) atoms. The van der Waals surface area contributed by atoms with Crippen LogP contribution >= 0.6 is 23.2 Å². The summed E-state index contributed by atoms with van der Waals surface area (Å²) in [6.45, 7) is 4.42. The van der Waals surface area contributed by atoms with Crippen LogP contribution in [0.4, 0.5) is 11.4 Å². The molecule has 5 heteroatoms. The summed E-state index contributed by atoms with van der Waals surface area (Å²) in [4.78, 5) is 13.5. The molecule has 1 aromatic carbocycles. The van der Waals surface area contributed by atoms with Crippen molar-refractivity contribution in [3.8, 4) is 0 Å². The van der Waals surface area contributed by atoms with Crippen LogP contribution in [0.2, 0.25) is 10.0 Å². The Labute approximate surface area is 104 Å². The number of amides is 1. The molecule has 0 bridgehead atoms. The molecule has 86 valence electrons. The maximum Gasteiger partial charge on any atom is 0.243 e. The Morgan fingerprint density at radius 1 is 1.31 bits per heavy atom. The predicted octanol–water partition coefficient (Wildman–Crippen LogP) is 3.16. The molecular weight excluding hydrogens is 247 g/mol. The van der Waals surface area contributed by atoms with E-state index in [-0.39, 0.29) is 11.9 Å². The standard InChI is InChI=1S/C11H12Cl2N2O/c1-6(2)15-5-11(16)14-9-3-7(12)8(13)4-10(9)15/h3-4,6H,5H2,1-2H3,(H,14,16). The Kier molecular flexibility index (Phi) is 3.00. The van der Waals surface area contributed by atoms with Crippen LogP contribution in [0.1, 0.15) is 13.8 Å². The van der Waals surface area contributed by atoms with E-state index in [1.807, 2.05) is 18.7 Å². The average molecular weight is 259 g/mol. The molecule has 0 saturated carbocycles. The van der Waals surface area contributed by atoms with Gasteiger partial charge in [0.15, 0.2) is 0 Å². The number of rotatable bonds is 1. The molecule has 1 aliphatic heterocycles. The minimum Gasteiger partial charge on any atom is -0.358 e. The molecule has 2 rings (SSSR count). The molecule has 1 N–H and O–H groups in total. The molecule has 0 unspecified atom stereocenters. The van der Waals surface area contributed by atoms with Gasteiger partial charge in [-0.05, 0) is 26.0 Å². The zero-order valence-electron chi connectivity index (χ0n) is 9.05. The van der Waals surface area contributed by atoms with E-state index in [0.717, 1.165) is 11.4 Å². The molecule has 0 atom stereocenters. The van der Waals surface area contributed by atoms with Gasteiger partial charge in [0, 0.05) is 6.04 Å². The number of benzene rings is 1. The van der Waals surface area contributed by atoms with Crippen molar-refractivity contribution in [1.82, 2.24) is 0 Å². The van der Waals surface area contributed by atoms with Crippen LogP contribution < -0.4 is 10.2 Å². The molecule has 0 aromatic heterocycles. The lowest BCUT2D eigenvalue weighted by Crippen LogP contribution is -2.42. The molecule has 1 amide bonds. The van der Waals surface area contributed by atoms with Crippen molar-refractivity contribution in [3.05, 3.63) is 22.2 Å². The number of nitrogens with zero attached hydrogens (tertiary/aromatic N) is 1. The van der Waals surface area contributed by atoms with E-state index in [4.69, 9.17) is 23.2 Å². The number of carbonyl (C=O) groups excluding carboxylic acids is 1. The Morgan fingerprint density at radius 3 is 2.56 bits per heavy atom. The Bertz CT molecular complexity index is 446. The van der Waals surface area contributed by atoms with Gasteiger partial charge in [-0.15, -0.1) is 0 Å². The summed E-state index contributed by atoms with van der Waals surface area (Å²) in [5.41, 5.74) is 1.64. The van der Waals surface area contributed by atoms with E-state index in [9.17, 15) is 4.79 Å². The summed E-state index contributed by atoms with van der Waals surface area (Å²) in [7, 11) is 0. The molecule has 0 aliphatic carbocycles. The van der Waals surface area contributed by atoms with Crippen LogP contribution in [0, 0.1) is 0 Å². The first-order valence-electron chi connectivity index (χ1n) is 5.04. The summed E-state index contributed by atoms with van der Waals surface area (Å²) >= 11 is 11.9. The Hall–Kier alpha value is -0.930. The second-order valence-electron chi connectivity index (χ2n) is 4.05. The van der Waals surface area contributed by atoms with Crippen LogP contribution in [0.3, 0.4) is 0 Å². The lowest BCUT2D eigenvalue weighted by Gasteiger charge is -2.34. The van der Waals surface area contributed by atoms with Gasteiger partial charge in [0.05, 0.1) is 28.0 Å². The second-order valence-corrected chi connectivity index (χ2v) is 4.87. The first kappa shape index (κ1) is 11.6. The molecule has 1 heterocycles. The van der Waals surface area contributed by atoms with Crippen molar-refractivity contribution >= 4 is 40.5 Å². The third-order valence-electron chi connectivity index (χ3n) is 2.56. The highest BCUT2D eigenvalue weighted by molar-refractivity contribution is 6.42. The van der Waals surface area contributed by atoms with Crippen molar-refractivity contribution in [2.75, 3.05) is 16.8 Å². The number of halogens is 2.